The highest BCUT2D eigenvalue weighted by Gasteiger charge is 2.32. The van der Waals surface area contributed by atoms with Gasteiger partial charge in [0.15, 0.2) is 0 Å². The number of nitrogens with one attached hydrogen (secondary N) is 1. The van der Waals surface area contributed by atoms with Gasteiger partial charge in [-0.05, 0) is 38.4 Å². The zero-order chi connectivity index (χ0) is 15.2. The molecule has 0 radical (unpaired) electrons. The van der Waals surface area contributed by atoms with Crippen molar-refractivity contribution in [3.63, 3.8) is 0 Å². The second-order valence-corrected chi connectivity index (χ2v) is 6.87. The molecule has 1 aliphatic rings. The van der Waals surface area contributed by atoms with Crippen LogP contribution in [0.3, 0.4) is 0 Å². The van der Waals surface area contributed by atoms with Gasteiger partial charge in [-0.2, -0.15) is 0 Å². The fourth-order valence-corrected chi connectivity index (χ4v) is 4.02. The van der Waals surface area contributed by atoms with E-state index in [-0.39, 0.29) is 0 Å². The third-order valence-corrected chi connectivity index (χ3v) is 5.12. The maximum atomic E-state index is 3.58. The molecule has 0 bridgehead atoms. The van der Waals surface area contributed by atoms with Crippen LogP contribution in [0.15, 0.2) is 30.3 Å². The van der Waals surface area contributed by atoms with Crippen LogP contribution >= 0.6 is 0 Å². The number of likely N-dealkylation sites (N-methyl/N-ethyl adjacent to an activating group) is 2. The van der Waals surface area contributed by atoms with Crippen LogP contribution in [0.25, 0.3) is 0 Å². The topological polar surface area (TPSA) is 15.3 Å². The van der Waals surface area contributed by atoms with Gasteiger partial charge in [0.05, 0.1) is 0 Å². The molecular formula is C19H32N2. The summed E-state index contributed by atoms with van der Waals surface area (Å²) in [4.78, 5) is 2.66. The van der Waals surface area contributed by atoms with Gasteiger partial charge in [-0.3, -0.25) is 4.90 Å². The molecule has 2 atom stereocenters. The third kappa shape index (κ3) is 4.08. The molecule has 0 heterocycles. The summed E-state index contributed by atoms with van der Waals surface area (Å²) < 4.78 is 0. The molecule has 118 valence electrons. The lowest BCUT2D eigenvalue weighted by Gasteiger charge is -2.43. The van der Waals surface area contributed by atoms with E-state index in [1.165, 1.54) is 37.7 Å². The minimum Gasteiger partial charge on any atom is -0.312 e. The van der Waals surface area contributed by atoms with E-state index in [4.69, 9.17) is 0 Å². The third-order valence-electron chi connectivity index (χ3n) is 5.12. The predicted octanol–water partition coefficient (Wildman–Crippen LogP) is 4.24. The Kier molecular flexibility index (Phi) is 6.25. The fourth-order valence-electron chi connectivity index (χ4n) is 4.02. The molecule has 2 nitrogen and oxygen atoms in total. The van der Waals surface area contributed by atoms with Crippen LogP contribution in [0.1, 0.15) is 57.6 Å². The van der Waals surface area contributed by atoms with E-state index in [9.17, 15) is 0 Å². The summed E-state index contributed by atoms with van der Waals surface area (Å²) in [6.45, 7) is 4.72. The average molecular weight is 288 g/mol. The highest BCUT2D eigenvalue weighted by Crippen LogP contribution is 2.31. The Hall–Kier alpha value is -0.860. The molecule has 1 saturated carbocycles. The Morgan fingerprint density at radius 3 is 2.19 bits per heavy atom. The molecule has 1 aliphatic carbocycles. The standard InChI is InChI=1S/C19H32N2/c1-15(2)19(21(4)17-13-9-6-10-14-17)18(20-3)16-11-7-5-8-12-16/h5,7-8,11-12,15,17-20H,6,9-10,13-14H2,1-4H3. The fraction of sp³-hybridized carbons (Fsp3) is 0.684. The van der Waals surface area contributed by atoms with Crippen LogP contribution in [-0.2, 0) is 0 Å². The van der Waals surface area contributed by atoms with Crippen molar-refractivity contribution in [2.24, 2.45) is 5.92 Å². The first-order chi connectivity index (χ1) is 10.1. The number of rotatable bonds is 6. The van der Waals surface area contributed by atoms with E-state index in [0.717, 1.165) is 6.04 Å². The lowest BCUT2D eigenvalue weighted by molar-refractivity contribution is 0.0821. The molecule has 1 aromatic rings. The summed E-state index contributed by atoms with van der Waals surface area (Å²) >= 11 is 0. The molecule has 2 rings (SSSR count). The van der Waals surface area contributed by atoms with Crippen molar-refractivity contribution >= 4 is 0 Å². The maximum Gasteiger partial charge on any atom is 0.0478 e. The zero-order valence-corrected chi connectivity index (χ0v) is 14.2. The first-order valence-electron chi connectivity index (χ1n) is 8.59. The first kappa shape index (κ1) is 16.5. The molecule has 1 N–H and O–H groups in total. The minimum absolute atomic E-state index is 0.401. The quantitative estimate of drug-likeness (QED) is 0.842. The molecule has 2 unspecified atom stereocenters. The Morgan fingerprint density at radius 2 is 1.67 bits per heavy atom. The van der Waals surface area contributed by atoms with E-state index < -0.39 is 0 Å². The zero-order valence-electron chi connectivity index (χ0n) is 14.2. The van der Waals surface area contributed by atoms with Gasteiger partial charge in [0.1, 0.15) is 0 Å². The Balaban J connectivity index is 2.19. The van der Waals surface area contributed by atoms with Gasteiger partial charge < -0.3 is 5.32 Å². The van der Waals surface area contributed by atoms with Crippen LogP contribution in [0, 0.1) is 5.92 Å². The van der Waals surface area contributed by atoms with E-state index >= 15 is 0 Å². The summed E-state index contributed by atoms with van der Waals surface area (Å²) in [5.74, 6) is 0.634. The summed E-state index contributed by atoms with van der Waals surface area (Å²) in [5.41, 5.74) is 1.40. The first-order valence-corrected chi connectivity index (χ1v) is 8.59. The van der Waals surface area contributed by atoms with Crippen molar-refractivity contribution < 1.29 is 0 Å². The van der Waals surface area contributed by atoms with Crippen molar-refractivity contribution in [2.45, 2.75) is 64.1 Å². The van der Waals surface area contributed by atoms with Crippen LogP contribution < -0.4 is 5.32 Å². The molecule has 0 amide bonds. The molecule has 0 saturated heterocycles. The van der Waals surface area contributed by atoms with Gasteiger partial charge in [0, 0.05) is 18.1 Å². The number of hydrogen-bond donors (Lipinski definition) is 1. The van der Waals surface area contributed by atoms with Crippen molar-refractivity contribution in [3.05, 3.63) is 35.9 Å². The van der Waals surface area contributed by atoms with Crippen LogP contribution in [0.4, 0.5) is 0 Å². The van der Waals surface area contributed by atoms with Gasteiger partial charge in [0.2, 0.25) is 0 Å². The Labute approximate surface area is 130 Å². The maximum absolute atomic E-state index is 3.58. The molecule has 0 aromatic heterocycles. The molecule has 0 aliphatic heterocycles. The summed E-state index contributed by atoms with van der Waals surface area (Å²) in [7, 11) is 4.44. The van der Waals surface area contributed by atoms with Gasteiger partial charge in [0.25, 0.3) is 0 Å². The van der Waals surface area contributed by atoms with E-state index in [0.29, 0.717) is 18.0 Å². The second kappa shape index (κ2) is 7.95. The van der Waals surface area contributed by atoms with Gasteiger partial charge in [-0.15, -0.1) is 0 Å². The molecule has 21 heavy (non-hydrogen) atoms. The lowest BCUT2D eigenvalue weighted by Crippen LogP contribution is -2.50. The van der Waals surface area contributed by atoms with Crippen LogP contribution in [-0.4, -0.2) is 31.1 Å². The predicted molar refractivity (Wildman–Crippen MR) is 91.5 cm³/mol. The Morgan fingerprint density at radius 1 is 1.05 bits per heavy atom. The summed E-state index contributed by atoms with van der Waals surface area (Å²) in [6.07, 6.45) is 6.95. The van der Waals surface area contributed by atoms with Crippen molar-refractivity contribution in [1.82, 2.24) is 10.2 Å². The van der Waals surface area contributed by atoms with Crippen LogP contribution in [0.2, 0.25) is 0 Å². The molecule has 1 fully saturated rings. The minimum atomic E-state index is 0.401. The number of hydrogen-bond acceptors (Lipinski definition) is 2. The van der Waals surface area contributed by atoms with Gasteiger partial charge in [-0.1, -0.05) is 63.4 Å². The van der Waals surface area contributed by atoms with Crippen molar-refractivity contribution in [3.8, 4) is 0 Å². The Bertz CT molecular complexity index is 395. The van der Waals surface area contributed by atoms with E-state index in [1.54, 1.807) is 0 Å². The number of nitrogens with zero attached hydrogens (tertiary/aromatic N) is 1. The van der Waals surface area contributed by atoms with Gasteiger partial charge >= 0.3 is 0 Å². The number of benzene rings is 1. The van der Waals surface area contributed by atoms with Crippen molar-refractivity contribution in [1.29, 1.82) is 0 Å². The largest absolute Gasteiger partial charge is 0.312 e. The van der Waals surface area contributed by atoms with E-state index in [2.05, 4.69) is 68.5 Å². The smallest absolute Gasteiger partial charge is 0.0478 e. The normalized spacial score (nSPS) is 19.9. The lowest BCUT2D eigenvalue weighted by atomic mass is 9.86. The summed E-state index contributed by atoms with van der Waals surface area (Å²) in [5, 5.41) is 3.58. The molecule has 1 aromatic carbocycles. The SMILES string of the molecule is CNC(c1ccccc1)C(C(C)C)N(C)C1CCCCC1. The monoisotopic (exact) mass is 288 g/mol. The molecular weight excluding hydrogens is 256 g/mol. The summed E-state index contributed by atoms with van der Waals surface area (Å²) in [6, 6.07) is 12.6. The van der Waals surface area contributed by atoms with Gasteiger partial charge in [-0.25, -0.2) is 0 Å². The van der Waals surface area contributed by atoms with E-state index in [1.807, 2.05) is 0 Å². The highest BCUT2D eigenvalue weighted by molar-refractivity contribution is 5.21. The van der Waals surface area contributed by atoms with Crippen LogP contribution in [0.5, 0.6) is 0 Å². The highest BCUT2D eigenvalue weighted by atomic mass is 15.2. The van der Waals surface area contributed by atoms with Crippen molar-refractivity contribution in [2.75, 3.05) is 14.1 Å². The second-order valence-electron chi connectivity index (χ2n) is 6.87. The molecule has 0 spiro atoms. The average Bonchev–Trinajstić information content (AvgIpc) is 2.53. The molecule has 2 heteroatoms.